The second-order valence-corrected chi connectivity index (χ2v) is 8.25. The topological polar surface area (TPSA) is 102 Å². The lowest BCUT2D eigenvalue weighted by atomic mass is 9.80. The van der Waals surface area contributed by atoms with Crippen molar-refractivity contribution < 1.29 is 19.8 Å². The summed E-state index contributed by atoms with van der Waals surface area (Å²) < 4.78 is 0. The fraction of sp³-hybridized carbons (Fsp3) is 0.304. The van der Waals surface area contributed by atoms with Gasteiger partial charge in [-0.05, 0) is 37.5 Å². The summed E-state index contributed by atoms with van der Waals surface area (Å²) in [5, 5.41) is 27.6. The highest BCUT2D eigenvalue weighted by Gasteiger charge is 2.55. The molecule has 1 saturated carbocycles. The second-order valence-electron chi connectivity index (χ2n) is 8.25. The van der Waals surface area contributed by atoms with Crippen molar-refractivity contribution in [1.82, 2.24) is 10.2 Å². The average molecular weight is 407 g/mol. The maximum absolute atomic E-state index is 12.6. The van der Waals surface area contributed by atoms with Crippen LogP contribution in [-0.2, 0) is 10.3 Å². The van der Waals surface area contributed by atoms with Crippen LogP contribution in [0.25, 0.3) is 0 Å². The minimum atomic E-state index is -1.64. The standard InChI is InChI=1S/C23H25N3O4/c1-22(30)19(25-23(12-13-23)14-8-5-4-6-9-14)17(20(22)28)24-16-11-7-10-15(18(16)27)21(29)26(2)3/h4-11,24-25,27,30H,12-13H2,1-3H3. The summed E-state index contributed by atoms with van der Waals surface area (Å²) in [4.78, 5) is 26.3. The highest BCUT2D eigenvalue weighted by molar-refractivity contribution is 6.14. The Balaban J connectivity index is 1.67. The third-order valence-electron chi connectivity index (χ3n) is 5.78. The van der Waals surface area contributed by atoms with Crippen molar-refractivity contribution in [3.8, 4) is 5.75 Å². The molecule has 0 saturated heterocycles. The van der Waals surface area contributed by atoms with Crippen LogP contribution in [0.2, 0.25) is 0 Å². The highest BCUT2D eigenvalue weighted by atomic mass is 16.3. The number of phenolic OH excluding ortho intramolecular Hbond substituents is 1. The molecule has 1 fully saturated rings. The number of nitrogens with one attached hydrogen (secondary N) is 2. The summed E-state index contributed by atoms with van der Waals surface area (Å²) in [6.07, 6.45) is 1.77. The normalized spacial score (nSPS) is 21.7. The number of aromatic hydroxyl groups is 1. The summed E-state index contributed by atoms with van der Waals surface area (Å²) in [6.45, 7) is 1.45. The zero-order valence-corrected chi connectivity index (χ0v) is 17.2. The van der Waals surface area contributed by atoms with Gasteiger partial charge in [-0.1, -0.05) is 36.4 Å². The van der Waals surface area contributed by atoms with Gasteiger partial charge in [-0.25, -0.2) is 0 Å². The zero-order valence-electron chi connectivity index (χ0n) is 17.2. The number of phenols is 1. The molecule has 30 heavy (non-hydrogen) atoms. The van der Waals surface area contributed by atoms with E-state index in [-0.39, 0.29) is 34.1 Å². The Morgan fingerprint density at radius 2 is 1.73 bits per heavy atom. The third kappa shape index (κ3) is 3.11. The fourth-order valence-corrected chi connectivity index (χ4v) is 3.75. The van der Waals surface area contributed by atoms with Crippen LogP contribution in [0.4, 0.5) is 5.69 Å². The number of hydrogen-bond acceptors (Lipinski definition) is 6. The van der Waals surface area contributed by atoms with Crippen LogP contribution >= 0.6 is 0 Å². The number of anilines is 1. The average Bonchev–Trinajstić information content (AvgIpc) is 3.52. The van der Waals surface area contributed by atoms with E-state index in [2.05, 4.69) is 10.6 Å². The Bertz CT molecular complexity index is 1050. The first-order valence-corrected chi connectivity index (χ1v) is 9.84. The minimum absolute atomic E-state index is 0.126. The number of amides is 1. The molecule has 2 aliphatic rings. The zero-order chi connectivity index (χ0) is 21.7. The van der Waals surface area contributed by atoms with Crippen molar-refractivity contribution in [1.29, 1.82) is 0 Å². The molecular formula is C23H25N3O4. The number of hydrogen-bond donors (Lipinski definition) is 4. The molecule has 0 spiro atoms. The van der Waals surface area contributed by atoms with Crippen LogP contribution in [0.3, 0.4) is 0 Å². The number of benzene rings is 2. The summed E-state index contributed by atoms with van der Waals surface area (Å²) in [6, 6.07) is 14.6. The summed E-state index contributed by atoms with van der Waals surface area (Å²) in [7, 11) is 3.19. The van der Waals surface area contributed by atoms with Gasteiger partial charge in [0.05, 0.1) is 22.5 Å². The van der Waals surface area contributed by atoms with E-state index in [0.717, 1.165) is 18.4 Å². The largest absolute Gasteiger partial charge is 0.505 e. The van der Waals surface area contributed by atoms with Crippen LogP contribution in [0, 0.1) is 0 Å². The van der Waals surface area contributed by atoms with Crippen molar-refractivity contribution >= 4 is 17.4 Å². The lowest BCUT2D eigenvalue weighted by Gasteiger charge is -2.40. The number of carbonyl (C=O) groups excluding carboxylic acids is 2. The molecule has 0 aromatic heterocycles. The van der Waals surface area contributed by atoms with E-state index in [1.807, 2.05) is 30.3 Å². The monoisotopic (exact) mass is 407 g/mol. The number of Topliss-reactive ketones (excluding diaryl/α,β-unsaturated/α-hetero) is 1. The Labute approximate surface area is 175 Å². The maximum atomic E-state index is 12.6. The molecular weight excluding hydrogens is 382 g/mol. The van der Waals surface area contributed by atoms with E-state index in [0.29, 0.717) is 5.70 Å². The molecule has 0 aliphatic heterocycles. The number of ketones is 1. The molecule has 0 radical (unpaired) electrons. The van der Waals surface area contributed by atoms with Crippen molar-refractivity contribution in [2.45, 2.75) is 30.9 Å². The Hall–Kier alpha value is -3.32. The molecule has 0 heterocycles. The van der Waals surface area contributed by atoms with Crippen molar-refractivity contribution in [3.63, 3.8) is 0 Å². The number of carbonyl (C=O) groups is 2. The third-order valence-corrected chi connectivity index (χ3v) is 5.78. The van der Waals surface area contributed by atoms with Crippen molar-refractivity contribution in [3.05, 3.63) is 71.1 Å². The van der Waals surface area contributed by atoms with Gasteiger partial charge in [0, 0.05) is 14.1 Å². The van der Waals surface area contributed by atoms with Gasteiger partial charge in [0.1, 0.15) is 5.70 Å². The summed E-state index contributed by atoms with van der Waals surface area (Å²) in [5.41, 5.74) is 0.0586. The lowest BCUT2D eigenvalue weighted by molar-refractivity contribution is -0.133. The highest BCUT2D eigenvalue weighted by Crippen LogP contribution is 2.49. The molecule has 7 heteroatoms. The molecule has 4 N–H and O–H groups in total. The first-order valence-electron chi connectivity index (χ1n) is 9.84. The van der Waals surface area contributed by atoms with Crippen LogP contribution in [0.15, 0.2) is 59.9 Å². The van der Waals surface area contributed by atoms with E-state index in [4.69, 9.17) is 0 Å². The predicted molar refractivity (Wildman–Crippen MR) is 113 cm³/mol. The number of rotatable bonds is 6. The van der Waals surface area contributed by atoms with Gasteiger partial charge in [-0.15, -0.1) is 0 Å². The SMILES string of the molecule is CN(C)C(=O)c1cccc(NC2=C(NC3(c4ccccc4)CC3)C(C)(O)C2=O)c1O. The van der Waals surface area contributed by atoms with E-state index in [1.165, 1.54) is 17.9 Å². The molecule has 1 atom stereocenters. The first kappa shape index (κ1) is 20.0. The van der Waals surface area contributed by atoms with Crippen LogP contribution < -0.4 is 10.6 Å². The first-order chi connectivity index (χ1) is 14.2. The molecule has 0 bridgehead atoms. The fourth-order valence-electron chi connectivity index (χ4n) is 3.75. The molecule has 2 aliphatic carbocycles. The molecule has 1 amide bonds. The minimum Gasteiger partial charge on any atom is -0.505 e. The Morgan fingerprint density at radius 3 is 2.33 bits per heavy atom. The van der Waals surface area contributed by atoms with Crippen LogP contribution in [-0.4, -0.2) is 46.5 Å². The van der Waals surface area contributed by atoms with E-state index < -0.39 is 11.4 Å². The number of nitrogens with zero attached hydrogens (tertiary/aromatic N) is 1. The van der Waals surface area contributed by atoms with E-state index >= 15 is 0 Å². The smallest absolute Gasteiger partial charge is 0.257 e. The van der Waals surface area contributed by atoms with Gasteiger partial charge >= 0.3 is 0 Å². The summed E-state index contributed by atoms with van der Waals surface area (Å²) >= 11 is 0. The Morgan fingerprint density at radius 1 is 1.07 bits per heavy atom. The van der Waals surface area contributed by atoms with E-state index in [9.17, 15) is 19.8 Å². The molecule has 1 unspecified atom stereocenters. The molecule has 7 nitrogen and oxygen atoms in total. The maximum Gasteiger partial charge on any atom is 0.257 e. The quantitative estimate of drug-likeness (QED) is 0.548. The van der Waals surface area contributed by atoms with Crippen LogP contribution in [0.1, 0.15) is 35.7 Å². The van der Waals surface area contributed by atoms with Crippen LogP contribution in [0.5, 0.6) is 5.75 Å². The molecule has 2 aromatic rings. The molecule has 2 aromatic carbocycles. The second kappa shape index (κ2) is 6.88. The van der Waals surface area contributed by atoms with Gasteiger partial charge in [0.2, 0.25) is 5.78 Å². The van der Waals surface area contributed by atoms with Crippen molar-refractivity contribution in [2.75, 3.05) is 19.4 Å². The predicted octanol–water partition coefficient (Wildman–Crippen LogP) is 2.33. The van der Waals surface area contributed by atoms with Gasteiger partial charge in [0.25, 0.3) is 5.91 Å². The number of aliphatic hydroxyl groups is 1. The summed E-state index contributed by atoms with van der Waals surface area (Å²) in [5.74, 6) is -1.07. The lowest BCUT2D eigenvalue weighted by Crippen LogP contribution is -2.57. The molecule has 4 rings (SSSR count). The number of para-hydroxylation sites is 1. The molecule has 156 valence electrons. The van der Waals surface area contributed by atoms with Gasteiger partial charge < -0.3 is 25.7 Å². The van der Waals surface area contributed by atoms with Gasteiger partial charge in [-0.2, -0.15) is 0 Å². The van der Waals surface area contributed by atoms with Gasteiger partial charge in [0.15, 0.2) is 11.4 Å². The van der Waals surface area contributed by atoms with Gasteiger partial charge in [-0.3, -0.25) is 9.59 Å². The Kier molecular flexibility index (Phi) is 4.58. The van der Waals surface area contributed by atoms with E-state index in [1.54, 1.807) is 26.2 Å². The van der Waals surface area contributed by atoms with Crippen molar-refractivity contribution in [2.24, 2.45) is 0 Å².